The lowest BCUT2D eigenvalue weighted by atomic mass is 9.88. The van der Waals surface area contributed by atoms with E-state index in [0.29, 0.717) is 11.3 Å². The SMILES string of the molecule is CC1=CC(C)(C)N(C)c2cc(F)c(/C=N/NC(=O)COc3ccccc3I)cc21. The Morgan fingerprint density at radius 3 is 2.79 bits per heavy atom. The Morgan fingerprint density at radius 1 is 1.34 bits per heavy atom. The van der Waals surface area contributed by atoms with Crippen LogP contribution < -0.4 is 15.1 Å². The summed E-state index contributed by atoms with van der Waals surface area (Å²) in [4.78, 5) is 14.0. The first-order valence-corrected chi connectivity index (χ1v) is 10.2. The molecule has 0 fully saturated rings. The van der Waals surface area contributed by atoms with Crippen molar-refractivity contribution in [2.45, 2.75) is 26.3 Å². The number of amides is 1. The van der Waals surface area contributed by atoms with Crippen LogP contribution in [0, 0.1) is 9.39 Å². The molecule has 3 rings (SSSR count). The van der Waals surface area contributed by atoms with E-state index < -0.39 is 11.7 Å². The zero-order valence-electron chi connectivity index (χ0n) is 16.8. The number of nitrogens with zero attached hydrogens (tertiary/aromatic N) is 2. The molecule has 7 heteroatoms. The third-order valence-corrected chi connectivity index (χ3v) is 5.81. The molecule has 1 aliphatic rings. The number of anilines is 1. The van der Waals surface area contributed by atoms with E-state index in [-0.39, 0.29) is 12.1 Å². The maximum absolute atomic E-state index is 14.6. The second-order valence-corrected chi connectivity index (χ2v) is 8.61. The molecule has 0 aromatic heterocycles. The fourth-order valence-corrected chi connectivity index (χ4v) is 3.74. The molecule has 1 heterocycles. The molecular weight excluding hydrogens is 484 g/mol. The van der Waals surface area contributed by atoms with Crippen molar-refractivity contribution in [2.24, 2.45) is 5.10 Å². The van der Waals surface area contributed by atoms with Gasteiger partial charge >= 0.3 is 0 Å². The van der Waals surface area contributed by atoms with Crippen LogP contribution in [0.3, 0.4) is 0 Å². The highest BCUT2D eigenvalue weighted by atomic mass is 127. The van der Waals surface area contributed by atoms with Gasteiger partial charge in [0, 0.05) is 23.9 Å². The van der Waals surface area contributed by atoms with Gasteiger partial charge in [0.15, 0.2) is 6.61 Å². The molecule has 1 aliphatic heterocycles. The van der Waals surface area contributed by atoms with Gasteiger partial charge in [-0.3, -0.25) is 4.79 Å². The van der Waals surface area contributed by atoms with Crippen molar-refractivity contribution < 1.29 is 13.9 Å². The van der Waals surface area contributed by atoms with Gasteiger partial charge in [0.2, 0.25) is 0 Å². The number of hydrogen-bond acceptors (Lipinski definition) is 4. The van der Waals surface area contributed by atoms with Crippen LogP contribution in [-0.2, 0) is 4.79 Å². The van der Waals surface area contributed by atoms with Crippen molar-refractivity contribution >= 4 is 46.0 Å². The second-order valence-electron chi connectivity index (χ2n) is 7.44. The Hall–Kier alpha value is -2.42. The molecule has 0 bridgehead atoms. The molecule has 0 unspecified atom stereocenters. The first kappa shape index (κ1) is 21.3. The zero-order chi connectivity index (χ0) is 21.2. The van der Waals surface area contributed by atoms with Crippen molar-refractivity contribution in [1.82, 2.24) is 5.43 Å². The lowest BCUT2D eigenvalue weighted by Gasteiger charge is -2.40. The van der Waals surface area contributed by atoms with Crippen molar-refractivity contribution in [3.05, 3.63) is 63.0 Å². The second kappa shape index (κ2) is 8.52. The van der Waals surface area contributed by atoms with E-state index in [4.69, 9.17) is 4.74 Å². The number of allylic oxidation sites excluding steroid dienone is 1. The average Bonchev–Trinajstić information content (AvgIpc) is 2.66. The Kier molecular flexibility index (Phi) is 6.26. The molecule has 29 heavy (non-hydrogen) atoms. The van der Waals surface area contributed by atoms with Crippen LogP contribution in [0.2, 0.25) is 0 Å². The fourth-order valence-electron chi connectivity index (χ4n) is 3.20. The quantitative estimate of drug-likeness (QED) is 0.366. The summed E-state index contributed by atoms with van der Waals surface area (Å²) < 4.78 is 21.0. The number of rotatable bonds is 5. The van der Waals surface area contributed by atoms with E-state index in [1.165, 1.54) is 12.3 Å². The van der Waals surface area contributed by atoms with Crippen molar-refractivity contribution in [3.63, 3.8) is 0 Å². The van der Waals surface area contributed by atoms with Gasteiger partial charge in [-0.1, -0.05) is 18.2 Å². The summed E-state index contributed by atoms with van der Waals surface area (Å²) in [6.45, 7) is 6.00. The molecular formula is C22H23FIN3O2. The maximum Gasteiger partial charge on any atom is 0.277 e. The van der Waals surface area contributed by atoms with Gasteiger partial charge < -0.3 is 9.64 Å². The van der Waals surface area contributed by atoms with E-state index in [0.717, 1.165) is 20.4 Å². The van der Waals surface area contributed by atoms with Gasteiger partial charge in [-0.2, -0.15) is 5.10 Å². The van der Waals surface area contributed by atoms with E-state index in [1.54, 1.807) is 12.1 Å². The summed E-state index contributed by atoms with van der Waals surface area (Å²) in [6.07, 6.45) is 3.46. The average molecular weight is 507 g/mol. The number of carbonyl (C=O) groups excluding carboxylic acids is 1. The third kappa shape index (κ3) is 4.77. The monoisotopic (exact) mass is 507 g/mol. The predicted molar refractivity (Wildman–Crippen MR) is 123 cm³/mol. The van der Waals surface area contributed by atoms with Crippen LogP contribution in [0.15, 0.2) is 47.6 Å². The van der Waals surface area contributed by atoms with E-state index in [9.17, 15) is 9.18 Å². The molecule has 152 valence electrons. The van der Waals surface area contributed by atoms with Gasteiger partial charge in [0.1, 0.15) is 11.6 Å². The highest BCUT2D eigenvalue weighted by Crippen LogP contribution is 2.38. The van der Waals surface area contributed by atoms with Crippen molar-refractivity contribution in [3.8, 4) is 5.75 Å². The van der Waals surface area contributed by atoms with Gasteiger partial charge in [0.05, 0.1) is 15.3 Å². The Balaban J connectivity index is 1.68. The van der Waals surface area contributed by atoms with Crippen LogP contribution in [0.25, 0.3) is 5.57 Å². The Labute approximate surface area is 183 Å². The van der Waals surface area contributed by atoms with Crippen molar-refractivity contribution in [2.75, 3.05) is 18.6 Å². The summed E-state index contributed by atoms with van der Waals surface area (Å²) in [5.74, 6) is -0.187. The molecule has 0 saturated heterocycles. The molecule has 0 saturated carbocycles. The highest BCUT2D eigenvalue weighted by molar-refractivity contribution is 14.1. The Morgan fingerprint density at radius 2 is 2.07 bits per heavy atom. The third-order valence-electron chi connectivity index (χ3n) is 4.92. The van der Waals surface area contributed by atoms with Crippen LogP contribution >= 0.6 is 22.6 Å². The molecule has 0 aliphatic carbocycles. The largest absolute Gasteiger partial charge is 0.483 e. The lowest BCUT2D eigenvalue weighted by Crippen LogP contribution is -2.42. The number of para-hydroxylation sites is 1. The topological polar surface area (TPSA) is 53.9 Å². The first-order valence-electron chi connectivity index (χ1n) is 9.15. The fraction of sp³-hybridized carbons (Fsp3) is 0.273. The van der Waals surface area contributed by atoms with Crippen LogP contribution in [-0.4, -0.2) is 31.3 Å². The van der Waals surface area contributed by atoms with Crippen LogP contribution in [0.1, 0.15) is 31.9 Å². The van der Waals surface area contributed by atoms with Crippen molar-refractivity contribution in [1.29, 1.82) is 0 Å². The number of ether oxygens (including phenoxy) is 1. The number of fused-ring (bicyclic) bond motifs is 1. The number of hydrazone groups is 1. The van der Waals surface area contributed by atoms with Crippen LogP contribution in [0.4, 0.5) is 10.1 Å². The van der Waals surface area contributed by atoms with E-state index >= 15 is 0 Å². The van der Waals surface area contributed by atoms with Gasteiger partial charge in [-0.15, -0.1) is 0 Å². The van der Waals surface area contributed by atoms with E-state index in [1.807, 2.05) is 37.1 Å². The smallest absolute Gasteiger partial charge is 0.277 e. The molecule has 1 amide bonds. The minimum Gasteiger partial charge on any atom is -0.483 e. The molecule has 1 N–H and O–H groups in total. The lowest BCUT2D eigenvalue weighted by molar-refractivity contribution is -0.123. The predicted octanol–water partition coefficient (Wildman–Crippen LogP) is 4.59. The van der Waals surface area contributed by atoms with Gasteiger partial charge in [-0.25, -0.2) is 9.82 Å². The maximum atomic E-state index is 14.6. The molecule has 0 spiro atoms. The highest BCUT2D eigenvalue weighted by Gasteiger charge is 2.29. The minimum atomic E-state index is -0.420. The van der Waals surface area contributed by atoms with Gasteiger partial charge in [-0.05, 0) is 73.2 Å². The standard InChI is InChI=1S/C22H23FIN3O2/c1-14-11-22(2,3)27(4)19-10-17(23)15(9-16(14)19)12-25-26-21(28)13-29-20-8-6-5-7-18(20)24/h5-12H,13H2,1-4H3,(H,26,28)/b25-12+. The molecule has 2 aromatic rings. The number of halogens is 2. The first-order chi connectivity index (χ1) is 13.7. The number of nitrogens with one attached hydrogen (secondary N) is 1. The summed E-state index contributed by atoms with van der Waals surface area (Å²) in [6, 6.07) is 10.7. The van der Waals surface area contributed by atoms with Crippen LogP contribution in [0.5, 0.6) is 5.75 Å². The number of benzene rings is 2. The normalized spacial score (nSPS) is 15.1. The number of likely N-dealkylation sites (N-methyl/N-ethyl adjacent to an activating group) is 1. The van der Waals surface area contributed by atoms with E-state index in [2.05, 4.69) is 53.0 Å². The molecule has 2 aromatic carbocycles. The molecule has 0 atom stereocenters. The number of hydrogen-bond donors (Lipinski definition) is 1. The number of carbonyl (C=O) groups is 1. The minimum absolute atomic E-state index is 0.175. The summed E-state index contributed by atoms with van der Waals surface area (Å²) in [5.41, 5.74) is 5.35. The summed E-state index contributed by atoms with van der Waals surface area (Å²) in [5, 5.41) is 3.88. The Bertz CT molecular complexity index is 1000. The molecule has 5 nitrogen and oxygen atoms in total. The summed E-state index contributed by atoms with van der Waals surface area (Å²) >= 11 is 2.13. The zero-order valence-corrected chi connectivity index (χ0v) is 19.0. The summed E-state index contributed by atoms with van der Waals surface area (Å²) in [7, 11) is 1.95. The molecule has 0 radical (unpaired) electrons. The van der Waals surface area contributed by atoms with Gasteiger partial charge in [0.25, 0.3) is 5.91 Å².